The van der Waals surface area contributed by atoms with Crippen LogP contribution in [0.25, 0.3) is 10.3 Å². The van der Waals surface area contributed by atoms with Gasteiger partial charge in [0.15, 0.2) is 10.8 Å². The lowest BCUT2D eigenvalue weighted by molar-refractivity contribution is -0.125. The third-order valence-corrected chi connectivity index (χ3v) is 6.21. The maximum Gasteiger partial charge on any atom is 0.273 e. The zero-order chi connectivity index (χ0) is 21.0. The number of aromatic nitrogens is 3. The average Bonchev–Trinajstić information content (AvgIpc) is 3.15. The topological polar surface area (TPSA) is 109 Å². The van der Waals surface area contributed by atoms with E-state index in [1.165, 1.54) is 22.2 Å². The molecule has 2 aromatic rings. The van der Waals surface area contributed by atoms with E-state index in [-0.39, 0.29) is 35.9 Å². The van der Waals surface area contributed by atoms with Gasteiger partial charge >= 0.3 is 0 Å². The van der Waals surface area contributed by atoms with Crippen LogP contribution in [0.15, 0.2) is 11.1 Å². The van der Waals surface area contributed by atoms with Crippen LogP contribution in [0, 0.1) is 5.92 Å². The van der Waals surface area contributed by atoms with Crippen LogP contribution in [0.3, 0.4) is 0 Å². The van der Waals surface area contributed by atoms with Crippen molar-refractivity contribution in [3.05, 3.63) is 16.7 Å². The fourth-order valence-electron chi connectivity index (χ4n) is 3.34. The molecule has 1 aliphatic heterocycles. The maximum absolute atomic E-state index is 12.8. The molecule has 0 saturated carbocycles. The van der Waals surface area contributed by atoms with Crippen molar-refractivity contribution in [2.24, 2.45) is 5.92 Å². The molecule has 0 aliphatic carbocycles. The summed E-state index contributed by atoms with van der Waals surface area (Å²) in [6, 6.07) is 0.0573. The molecule has 1 aliphatic rings. The van der Waals surface area contributed by atoms with E-state index in [0.29, 0.717) is 28.6 Å². The number of anilines is 1. The minimum absolute atomic E-state index is 0.0573. The van der Waals surface area contributed by atoms with Gasteiger partial charge in [-0.2, -0.15) is 4.98 Å². The summed E-state index contributed by atoms with van der Waals surface area (Å²) in [6.45, 7) is 7.74. The summed E-state index contributed by atoms with van der Waals surface area (Å²) in [5, 5.41) is 6.43. The van der Waals surface area contributed by atoms with Crippen LogP contribution >= 0.6 is 11.3 Å². The molecule has 2 N–H and O–H groups in total. The minimum atomic E-state index is -0.268. The summed E-state index contributed by atoms with van der Waals surface area (Å²) in [6.07, 6.45) is 3.94. The van der Waals surface area contributed by atoms with E-state index in [1.807, 2.05) is 20.8 Å². The van der Waals surface area contributed by atoms with Crippen molar-refractivity contribution in [1.29, 1.82) is 0 Å². The second-order valence-corrected chi connectivity index (χ2v) is 8.36. The minimum Gasteiger partial charge on any atom is -0.356 e. The molecule has 0 radical (unpaired) electrons. The Kier molecular flexibility index (Phi) is 6.83. The first-order valence-corrected chi connectivity index (χ1v) is 10.9. The fraction of sp³-hybridized carbons (Fsp3) is 0.632. The summed E-state index contributed by atoms with van der Waals surface area (Å²) >= 11 is 1.27. The smallest absolute Gasteiger partial charge is 0.273 e. The number of carbonyl (C=O) groups is 2. The highest BCUT2D eigenvalue weighted by atomic mass is 32.1. The molecule has 0 bridgehead atoms. The number of hydrogen-bond acceptors (Lipinski definition) is 7. The van der Waals surface area contributed by atoms with Crippen molar-refractivity contribution < 1.29 is 9.59 Å². The Labute approximate surface area is 173 Å². The molecule has 2 aromatic heterocycles. The maximum atomic E-state index is 12.8. The molecule has 3 rings (SSSR count). The molecule has 29 heavy (non-hydrogen) atoms. The number of piperidine rings is 1. The largest absolute Gasteiger partial charge is 0.356 e. The quantitative estimate of drug-likeness (QED) is 0.695. The van der Waals surface area contributed by atoms with E-state index in [2.05, 4.69) is 25.5 Å². The lowest BCUT2D eigenvalue weighted by Gasteiger charge is -2.31. The van der Waals surface area contributed by atoms with Gasteiger partial charge in [-0.15, -0.1) is 0 Å². The second-order valence-electron chi connectivity index (χ2n) is 7.38. The number of rotatable bonds is 7. The van der Waals surface area contributed by atoms with Gasteiger partial charge in [-0.3, -0.25) is 19.0 Å². The van der Waals surface area contributed by atoms with Crippen molar-refractivity contribution in [2.75, 3.05) is 24.5 Å². The lowest BCUT2D eigenvalue weighted by atomic mass is 9.97. The van der Waals surface area contributed by atoms with Crippen molar-refractivity contribution >= 4 is 38.6 Å². The average molecular weight is 421 g/mol. The van der Waals surface area contributed by atoms with Crippen molar-refractivity contribution in [1.82, 2.24) is 25.2 Å². The number of amides is 2. The lowest BCUT2D eigenvalue weighted by Crippen LogP contribution is -2.43. The van der Waals surface area contributed by atoms with Crippen LogP contribution in [0.5, 0.6) is 0 Å². The Bertz CT molecular complexity index is 940. The molecule has 10 heteroatoms. The van der Waals surface area contributed by atoms with Crippen molar-refractivity contribution in [3.63, 3.8) is 0 Å². The van der Waals surface area contributed by atoms with Crippen LogP contribution in [-0.4, -0.2) is 52.0 Å². The predicted octanol–water partition coefficient (Wildman–Crippen LogP) is 1.12. The van der Waals surface area contributed by atoms with Crippen LogP contribution < -0.4 is 21.1 Å². The van der Waals surface area contributed by atoms with E-state index < -0.39 is 0 Å². The summed E-state index contributed by atoms with van der Waals surface area (Å²) < 4.78 is 1.74. The highest BCUT2D eigenvalue weighted by molar-refractivity contribution is 7.22. The van der Waals surface area contributed by atoms with E-state index in [9.17, 15) is 14.4 Å². The van der Waals surface area contributed by atoms with Gasteiger partial charge in [-0.1, -0.05) is 18.3 Å². The molecule has 158 valence electrons. The van der Waals surface area contributed by atoms with Crippen LogP contribution in [0.4, 0.5) is 5.13 Å². The molecular formula is C19H28N6O3S. The van der Waals surface area contributed by atoms with Gasteiger partial charge in [-0.25, -0.2) is 4.98 Å². The van der Waals surface area contributed by atoms with E-state index >= 15 is 0 Å². The number of hydrogen-bond donors (Lipinski definition) is 2. The highest BCUT2D eigenvalue weighted by Crippen LogP contribution is 2.29. The number of nitrogens with zero attached hydrogens (tertiary/aromatic N) is 4. The molecule has 3 heterocycles. The van der Waals surface area contributed by atoms with E-state index in [1.54, 1.807) is 0 Å². The molecule has 0 aromatic carbocycles. The standard InChI is InChI=1S/C19H28N6O3S/c1-4-12(3)22-14(26)10-25-11-21-16-15(18(25)28)29-19(23-16)24-8-6-7-13(9-24)17(27)20-5-2/h11-13H,4-10H2,1-3H3,(H,20,27)(H,22,26)/t12-,13-/m0/s1. The van der Waals surface area contributed by atoms with Crippen LogP contribution in [0.2, 0.25) is 0 Å². The number of nitrogens with one attached hydrogen (secondary N) is 2. The van der Waals surface area contributed by atoms with E-state index in [0.717, 1.165) is 25.8 Å². The number of thiazole rings is 1. The van der Waals surface area contributed by atoms with Gasteiger partial charge in [0.2, 0.25) is 11.8 Å². The zero-order valence-electron chi connectivity index (χ0n) is 17.1. The molecule has 2 atom stereocenters. The summed E-state index contributed by atoms with van der Waals surface area (Å²) in [5.41, 5.74) is 0.115. The van der Waals surface area contributed by atoms with Crippen molar-refractivity contribution in [3.8, 4) is 0 Å². The van der Waals surface area contributed by atoms with Crippen LogP contribution in [-0.2, 0) is 16.1 Å². The van der Waals surface area contributed by atoms with Gasteiger partial charge < -0.3 is 15.5 Å². The molecule has 9 nitrogen and oxygen atoms in total. The zero-order valence-corrected chi connectivity index (χ0v) is 17.9. The summed E-state index contributed by atoms with van der Waals surface area (Å²) in [4.78, 5) is 47.9. The number of carbonyl (C=O) groups excluding carboxylic acids is 2. The Morgan fingerprint density at radius 1 is 1.38 bits per heavy atom. The summed E-state index contributed by atoms with van der Waals surface area (Å²) in [5.74, 6) is -0.233. The Morgan fingerprint density at radius 3 is 2.90 bits per heavy atom. The third-order valence-electron chi connectivity index (χ3n) is 5.12. The molecule has 1 saturated heterocycles. The van der Waals surface area contributed by atoms with Crippen molar-refractivity contribution in [2.45, 2.75) is 52.6 Å². The fourth-order valence-corrected chi connectivity index (χ4v) is 4.35. The van der Waals surface area contributed by atoms with Gasteiger partial charge in [0, 0.05) is 25.7 Å². The van der Waals surface area contributed by atoms with Gasteiger partial charge in [0.1, 0.15) is 17.6 Å². The normalized spacial score (nSPS) is 17.9. The molecule has 1 fully saturated rings. The van der Waals surface area contributed by atoms with Gasteiger partial charge in [-0.05, 0) is 33.1 Å². The molecule has 0 spiro atoms. The molecule has 0 unspecified atom stereocenters. The molecule has 2 amide bonds. The first-order valence-electron chi connectivity index (χ1n) is 10.1. The first-order chi connectivity index (χ1) is 13.9. The summed E-state index contributed by atoms with van der Waals surface area (Å²) in [7, 11) is 0. The number of fused-ring (bicyclic) bond motifs is 1. The Morgan fingerprint density at radius 2 is 2.17 bits per heavy atom. The van der Waals surface area contributed by atoms with Gasteiger partial charge in [0.25, 0.3) is 5.56 Å². The SMILES string of the molecule is CCNC(=O)[C@H]1CCCN(c2nc3ncn(CC(=O)N[C@@H](C)CC)c(=O)c3s2)C1. The van der Waals surface area contributed by atoms with Crippen LogP contribution in [0.1, 0.15) is 40.0 Å². The Balaban J connectivity index is 1.78. The van der Waals surface area contributed by atoms with E-state index in [4.69, 9.17) is 0 Å². The third kappa shape index (κ3) is 4.92. The molecular weight excluding hydrogens is 392 g/mol. The van der Waals surface area contributed by atoms with Gasteiger partial charge in [0.05, 0.1) is 5.92 Å². The second kappa shape index (κ2) is 9.34. The first kappa shape index (κ1) is 21.2. The Hall–Kier alpha value is -2.49. The highest BCUT2D eigenvalue weighted by Gasteiger charge is 2.27. The monoisotopic (exact) mass is 420 g/mol. The predicted molar refractivity (Wildman–Crippen MR) is 113 cm³/mol.